The molecule has 0 aromatic heterocycles. The number of nitrogens with zero attached hydrogens (tertiary/aromatic N) is 1. The van der Waals surface area contributed by atoms with Crippen molar-refractivity contribution >= 4 is 41.5 Å². The van der Waals surface area contributed by atoms with Crippen molar-refractivity contribution < 1.29 is 62.0 Å². The number of esters is 5. The van der Waals surface area contributed by atoms with Crippen molar-refractivity contribution in [2.75, 3.05) is 39.5 Å². The number of carbonyl (C=O) groups excluding carboxylic acids is 7. The quantitative estimate of drug-likeness (QED) is 0.0201. The molecule has 2 unspecified atom stereocenters. The molecule has 14 heteroatoms. The number of amides is 1. The van der Waals surface area contributed by atoms with Gasteiger partial charge >= 0.3 is 29.8 Å². The summed E-state index contributed by atoms with van der Waals surface area (Å²) in [5.41, 5.74) is 1.83. The molecule has 0 radical (unpaired) electrons. The number of hydrogen-bond donors (Lipinski definition) is 0. The van der Waals surface area contributed by atoms with E-state index in [0.717, 1.165) is 191 Å². The normalized spacial score (nSPS) is 17.1. The summed E-state index contributed by atoms with van der Waals surface area (Å²) in [5.74, 6) is 3.95. The highest BCUT2D eigenvalue weighted by Crippen LogP contribution is 2.35. The van der Waals surface area contributed by atoms with Gasteiger partial charge in [0.15, 0.2) is 0 Å². The maximum atomic E-state index is 13.6. The van der Waals surface area contributed by atoms with E-state index in [1.165, 1.54) is 12.8 Å². The molecule has 2 saturated carbocycles. The van der Waals surface area contributed by atoms with Gasteiger partial charge in [-0.3, -0.25) is 33.6 Å². The Hall–Kier alpha value is -5.53. The third kappa shape index (κ3) is 36.5. The van der Waals surface area contributed by atoms with E-state index in [0.29, 0.717) is 149 Å². The Morgan fingerprint density at radius 1 is 0.429 bits per heavy atom. The zero-order chi connectivity index (χ0) is 65.7. The van der Waals surface area contributed by atoms with Crippen molar-refractivity contribution in [2.24, 2.45) is 35.5 Å². The highest BCUT2D eigenvalue weighted by Gasteiger charge is 2.27. The largest absolute Gasteiger partial charge is 0.498 e. The molecule has 4 rings (SSSR count). The lowest BCUT2D eigenvalue weighted by Crippen LogP contribution is -2.34. The molecule has 2 aromatic carbocycles. The van der Waals surface area contributed by atoms with E-state index >= 15 is 0 Å². The van der Waals surface area contributed by atoms with Crippen molar-refractivity contribution in [1.29, 1.82) is 0 Å². The second-order valence-corrected chi connectivity index (χ2v) is 26.7. The van der Waals surface area contributed by atoms with E-state index in [4.69, 9.17) is 28.4 Å². The summed E-state index contributed by atoms with van der Waals surface area (Å²) in [7, 11) is 0. The van der Waals surface area contributed by atoms with E-state index in [2.05, 4.69) is 41.2 Å². The molecule has 512 valence electrons. The lowest BCUT2D eigenvalue weighted by molar-refractivity contribution is -0.146. The van der Waals surface area contributed by atoms with Crippen LogP contribution in [-0.2, 0) is 65.4 Å². The fourth-order valence-corrected chi connectivity index (χ4v) is 12.8. The van der Waals surface area contributed by atoms with Gasteiger partial charge in [0.2, 0.25) is 5.91 Å². The van der Waals surface area contributed by atoms with Crippen LogP contribution in [0.15, 0.2) is 60.9 Å². The Balaban J connectivity index is 0.959. The van der Waals surface area contributed by atoms with Crippen LogP contribution in [0.25, 0.3) is 0 Å². The molecule has 2 aliphatic rings. The first-order valence-corrected chi connectivity index (χ1v) is 36.3. The average Bonchev–Trinajstić information content (AvgIpc) is 3.57. The van der Waals surface area contributed by atoms with Crippen LogP contribution in [0.4, 0.5) is 0 Å². The van der Waals surface area contributed by atoms with Crippen LogP contribution in [0.5, 0.6) is 11.5 Å². The lowest BCUT2D eigenvalue weighted by Gasteiger charge is -2.30. The van der Waals surface area contributed by atoms with Crippen LogP contribution < -0.4 is 9.47 Å². The molecule has 0 saturated heterocycles. The monoisotopic (exact) mass is 1270 g/mol. The molecule has 0 spiro atoms. The SMILES string of the molecule is C=C(Cc1ccc(OC(=O)CCCCCCCC(=O)OCC(CC)CCCC)cc1)OCCC1CCC(CC(=O)N(CCC)CCCC(=O)CC2CCC(CCOC(=O)Cc3ccc(OC(=O)CCCCCCCC(=O)OCC(CC)CCCC)cc3)CC2)CC1. The topological polar surface area (TPSA) is 178 Å². The van der Waals surface area contributed by atoms with Gasteiger partial charge in [-0.05, 0) is 161 Å². The summed E-state index contributed by atoms with van der Waals surface area (Å²) in [6, 6.07) is 14.5. The first-order valence-electron chi connectivity index (χ1n) is 36.3. The van der Waals surface area contributed by atoms with Gasteiger partial charge in [-0.15, -0.1) is 0 Å². The van der Waals surface area contributed by atoms with E-state index < -0.39 is 0 Å². The van der Waals surface area contributed by atoms with Crippen LogP contribution in [-0.4, -0.2) is 86.0 Å². The van der Waals surface area contributed by atoms with Crippen LogP contribution in [0.2, 0.25) is 0 Å². The van der Waals surface area contributed by atoms with Crippen LogP contribution in [0.1, 0.15) is 283 Å². The van der Waals surface area contributed by atoms with Gasteiger partial charge in [0.1, 0.15) is 17.3 Å². The minimum atomic E-state index is -0.281. The number of Topliss-reactive ketones (excluding diaryl/α,β-unsaturated/α-hetero) is 1. The predicted octanol–water partition coefficient (Wildman–Crippen LogP) is 18.1. The molecule has 0 heterocycles. The lowest BCUT2D eigenvalue weighted by atomic mass is 9.78. The zero-order valence-electron chi connectivity index (χ0n) is 57.4. The van der Waals surface area contributed by atoms with Gasteiger partial charge in [-0.2, -0.15) is 0 Å². The number of ether oxygens (including phenoxy) is 6. The molecule has 0 aliphatic heterocycles. The standard InChI is InChI=1S/C77H121NO13/c1-7-12-25-61(10-4)58-88-73(81)28-20-16-14-18-22-30-75(83)90-70-44-40-65(41-45-70)54-60(6)86-52-48-63-34-38-67(39-35-63)56-72(80)78(50-9-3)51-24-27-69(79)55-66-36-32-64(33-37-66)49-53-87-77(85)57-68-42-46-71(47-43-68)91-76(84)31-23-19-15-17-21-29-74(82)89-59-62(11-5)26-13-8-2/h40-47,61-64,66-67H,6-39,48-59H2,1-5H3. The summed E-state index contributed by atoms with van der Waals surface area (Å²) in [6.45, 7) is 18.3. The summed E-state index contributed by atoms with van der Waals surface area (Å²) >= 11 is 0. The van der Waals surface area contributed by atoms with Crippen molar-refractivity contribution in [3.63, 3.8) is 0 Å². The number of benzene rings is 2. The summed E-state index contributed by atoms with van der Waals surface area (Å²) in [4.78, 5) is 90.6. The maximum absolute atomic E-state index is 13.6. The van der Waals surface area contributed by atoms with Gasteiger partial charge in [0.05, 0.1) is 38.6 Å². The number of rotatable bonds is 51. The van der Waals surface area contributed by atoms with Crippen LogP contribution in [0.3, 0.4) is 0 Å². The molecule has 2 aromatic rings. The van der Waals surface area contributed by atoms with Gasteiger partial charge < -0.3 is 33.3 Å². The number of carbonyl (C=O) groups is 7. The Kier molecular flexibility index (Phi) is 41.3. The number of unbranched alkanes of at least 4 members (excludes halogenated alkanes) is 10. The van der Waals surface area contributed by atoms with Crippen molar-refractivity contribution in [1.82, 2.24) is 4.90 Å². The minimum Gasteiger partial charge on any atom is -0.498 e. The molecule has 2 atom stereocenters. The summed E-state index contributed by atoms with van der Waals surface area (Å²) in [6.07, 6.45) is 33.4. The van der Waals surface area contributed by atoms with Gasteiger partial charge in [-0.25, -0.2) is 0 Å². The maximum Gasteiger partial charge on any atom is 0.311 e. The summed E-state index contributed by atoms with van der Waals surface area (Å²) in [5, 5.41) is 0. The van der Waals surface area contributed by atoms with Crippen molar-refractivity contribution in [3.05, 3.63) is 72.0 Å². The van der Waals surface area contributed by atoms with E-state index in [1.807, 2.05) is 29.2 Å². The van der Waals surface area contributed by atoms with E-state index in [-0.39, 0.29) is 42.2 Å². The first-order chi connectivity index (χ1) is 44.2. The van der Waals surface area contributed by atoms with Crippen molar-refractivity contribution in [2.45, 2.75) is 285 Å². The fourth-order valence-electron chi connectivity index (χ4n) is 12.8. The Labute approximate surface area is 549 Å². The predicted molar refractivity (Wildman–Crippen MR) is 361 cm³/mol. The van der Waals surface area contributed by atoms with Crippen molar-refractivity contribution in [3.8, 4) is 11.5 Å². The highest BCUT2D eigenvalue weighted by atomic mass is 16.5. The highest BCUT2D eigenvalue weighted by molar-refractivity contribution is 5.79. The number of hydrogen-bond acceptors (Lipinski definition) is 13. The second-order valence-electron chi connectivity index (χ2n) is 26.7. The van der Waals surface area contributed by atoms with E-state index in [9.17, 15) is 33.6 Å². The molecular weight excluding hydrogens is 1150 g/mol. The Morgan fingerprint density at radius 2 is 0.846 bits per heavy atom. The third-order valence-corrected chi connectivity index (χ3v) is 18.9. The smallest absolute Gasteiger partial charge is 0.311 e. The molecule has 2 fully saturated rings. The fraction of sp³-hybridized carbons (Fsp3) is 0.727. The first kappa shape index (κ1) is 77.9. The zero-order valence-corrected chi connectivity index (χ0v) is 57.4. The van der Waals surface area contributed by atoms with Gasteiger partial charge in [0.25, 0.3) is 0 Å². The molecule has 0 N–H and O–H groups in total. The Bertz CT molecular complexity index is 2350. The third-order valence-electron chi connectivity index (χ3n) is 18.9. The second kappa shape index (κ2) is 48.2. The Morgan fingerprint density at radius 3 is 1.30 bits per heavy atom. The average molecular weight is 1270 g/mol. The molecule has 0 bridgehead atoms. The molecular formula is C77H121NO13. The molecule has 91 heavy (non-hydrogen) atoms. The van der Waals surface area contributed by atoms with Gasteiger partial charge in [0, 0.05) is 64.5 Å². The van der Waals surface area contributed by atoms with Crippen LogP contribution >= 0.6 is 0 Å². The minimum absolute atomic E-state index is 0.0991. The van der Waals surface area contributed by atoms with Crippen LogP contribution in [0, 0.1) is 35.5 Å². The molecule has 1 amide bonds. The number of allylic oxidation sites excluding steroid dienone is 1. The summed E-state index contributed by atoms with van der Waals surface area (Å²) < 4.78 is 33.8. The molecule has 14 nitrogen and oxygen atoms in total. The molecule has 2 aliphatic carbocycles. The number of ketones is 1. The van der Waals surface area contributed by atoms with Gasteiger partial charge in [-0.1, -0.05) is 168 Å². The van der Waals surface area contributed by atoms with E-state index in [1.54, 1.807) is 24.3 Å².